The van der Waals surface area contributed by atoms with E-state index in [0.29, 0.717) is 0 Å². The standard InChI is InChI=1S/2C38H24N2Se.C26H16N2Se/c1-4-13-25(14-5-1)28-19-10-22-31-32-23-11-21-30(38(32)41-37(28)31)29-20-12-24-33-36(29)40-35(27-17-8-3-9-18-27)34(39-33)26-15-6-2-7-16-26;1-4-12-25(13-5-1)29-18-10-20-31-32-21-11-19-30(38(32)41-37(29)31)28-22-23-33-34(24-28)40-36(27-16-8-3-9-17-27)35(39-33)26-14-6-2-7-15-26;1-2-8-17(9-3-1)25-20-13-7-15-27-22(20)16-23(28-25)21-12-6-11-19-18-10-4-5-14-24(18)29-26(19)21/h2*1-24H;1-16H. The Morgan fingerprint density at radius 3 is 1.05 bits per heavy atom. The van der Waals surface area contributed by atoms with E-state index < -0.39 is 0 Å². The first-order chi connectivity index (χ1) is 55.1. The summed E-state index contributed by atoms with van der Waals surface area (Å²) in [6.07, 6.45) is 1.86. The first-order valence-corrected chi connectivity index (χ1v) is 42.3. The number of aromatic nitrogens is 6. The van der Waals surface area contributed by atoms with Gasteiger partial charge in [-0.3, -0.25) is 0 Å². The Hall–Kier alpha value is -12.9. The summed E-state index contributed by atoms with van der Waals surface area (Å²) in [5.41, 5.74) is 27.0. The molecule has 0 aliphatic carbocycles. The summed E-state index contributed by atoms with van der Waals surface area (Å²) < 4.78 is 8.65. The summed E-state index contributed by atoms with van der Waals surface area (Å²) in [6, 6.07) is 135. The quantitative estimate of drug-likeness (QED) is 0.127. The fourth-order valence-electron chi connectivity index (χ4n) is 15.5. The van der Waals surface area contributed by atoms with Gasteiger partial charge in [0.1, 0.15) is 0 Å². The van der Waals surface area contributed by atoms with Crippen molar-refractivity contribution in [1.82, 2.24) is 29.9 Å². The third kappa shape index (κ3) is 12.8. The Bertz CT molecular complexity index is 7190. The van der Waals surface area contributed by atoms with Crippen LogP contribution in [0.1, 0.15) is 0 Å². The fourth-order valence-corrected chi connectivity index (χ4v) is 23.8. The molecule has 520 valence electrons. The summed E-state index contributed by atoms with van der Waals surface area (Å²) in [7, 11) is 0. The molecule has 7 heterocycles. The number of nitrogens with zero attached hydrogens (tertiary/aromatic N) is 6. The molecule has 111 heavy (non-hydrogen) atoms. The van der Waals surface area contributed by atoms with Crippen molar-refractivity contribution in [2.45, 2.75) is 0 Å². The molecule has 0 aliphatic rings. The maximum absolute atomic E-state index is 5.38. The Kier molecular flexibility index (Phi) is 18.0. The Labute approximate surface area is 659 Å². The van der Waals surface area contributed by atoms with Crippen molar-refractivity contribution in [1.29, 1.82) is 0 Å². The van der Waals surface area contributed by atoms with Crippen LogP contribution in [0.4, 0.5) is 0 Å². The molecule has 0 saturated carbocycles. The number of rotatable bonds is 10. The molecule has 15 aromatic carbocycles. The second kappa shape index (κ2) is 29.6. The Balaban J connectivity index is 0.000000111. The zero-order valence-electron chi connectivity index (χ0n) is 59.9. The van der Waals surface area contributed by atoms with Crippen molar-refractivity contribution >= 4 is 134 Å². The van der Waals surface area contributed by atoms with Crippen molar-refractivity contribution < 1.29 is 0 Å². The van der Waals surface area contributed by atoms with E-state index in [4.69, 9.17) is 24.9 Å². The minimum absolute atomic E-state index is 0.162. The maximum atomic E-state index is 5.38. The van der Waals surface area contributed by atoms with Gasteiger partial charge in [-0.1, -0.05) is 0 Å². The van der Waals surface area contributed by atoms with Gasteiger partial charge in [0.05, 0.1) is 0 Å². The number of hydrogen-bond donors (Lipinski definition) is 0. The molecule has 0 spiro atoms. The third-order valence-electron chi connectivity index (χ3n) is 20.7. The van der Waals surface area contributed by atoms with Gasteiger partial charge in [-0.15, -0.1) is 0 Å². The Morgan fingerprint density at radius 1 is 0.180 bits per heavy atom. The van der Waals surface area contributed by atoms with Crippen LogP contribution in [-0.2, 0) is 0 Å². The molecule has 0 aliphatic heterocycles. The second-order valence-electron chi connectivity index (χ2n) is 27.4. The molecule has 9 heteroatoms. The zero-order valence-corrected chi connectivity index (χ0v) is 65.0. The van der Waals surface area contributed by atoms with Gasteiger partial charge in [-0.2, -0.15) is 0 Å². The van der Waals surface area contributed by atoms with Crippen LogP contribution in [-0.4, -0.2) is 73.4 Å². The molecular weight excluding hydrogens is 1550 g/mol. The zero-order chi connectivity index (χ0) is 73.6. The van der Waals surface area contributed by atoms with E-state index >= 15 is 0 Å². The van der Waals surface area contributed by atoms with E-state index in [1.165, 1.54) is 102 Å². The summed E-state index contributed by atoms with van der Waals surface area (Å²) >= 11 is 0.645. The molecule has 0 unspecified atom stereocenters. The van der Waals surface area contributed by atoms with Gasteiger partial charge in [0.2, 0.25) is 0 Å². The molecule has 0 bridgehead atoms. The number of para-hydroxylation sites is 1. The van der Waals surface area contributed by atoms with Gasteiger partial charge in [0, 0.05) is 0 Å². The van der Waals surface area contributed by atoms with Crippen molar-refractivity contribution in [3.05, 3.63) is 388 Å². The second-order valence-corrected chi connectivity index (χ2v) is 33.9. The molecule has 0 amide bonds. The summed E-state index contributed by atoms with van der Waals surface area (Å²) in [6.45, 7) is 0. The average molecular weight is 1610 g/mol. The third-order valence-corrected chi connectivity index (χ3v) is 28.7. The van der Waals surface area contributed by atoms with Crippen LogP contribution >= 0.6 is 0 Å². The van der Waals surface area contributed by atoms with Crippen LogP contribution in [0.5, 0.6) is 0 Å². The molecule has 0 saturated heterocycles. The monoisotopic (exact) mass is 1610 g/mol. The van der Waals surface area contributed by atoms with Gasteiger partial charge in [0.15, 0.2) is 0 Å². The van der Waals surface area contributed by atoms with E-state index in [1.54, 1.807) is 0 Å². The molecule has 22 aromatic rings. The van der Waals surface area contributed by atoms with Crippen molar-refractivity contribution in [2.24, 2.45) is 0 Å². The van der Waals surface area contributed by atoms with Crippen molar-refractivity contribution in [3.63, 3.8) is 0 Å². The van der Waals surface area contributed by atoms with Crippen LogP contribution in [0.2, 0.25) is 0 Å². The van der Waals surface area contributed by atoms with Crippen LogP contribution < -0.4 is 0 Å². The molecular formula is C102H64N6Se3. The van der Waals surface area contributed by atoms with E-state index in [-0.39, 0.29) is 43.5 Å². The molecule has 7 aromatic heterocycles. The molecule has 0 N–H and O–H groups in total. The molecule has 0 fully saturated rings. The normalized spacial score (nSPS) is 11.4. The van der Waals surface area contributed by atoms with Crippen LogP contribution in [0.15, 0.2) is 388 Å². The predicted molar refractivity (Wildman–Crippen MR) is 469 cm³/mol. The fraction of sp³-hybridized carbons (Fsp3) is 0. The SMILES string of the molecule is c1ccc(-c2nc(-c3cccc4c3[se]c3ccccc34)cc3ncccc23)cc1.c1ccc(-c2nc3ccc(-c4cccc5c4[se]c4c(-c6ccccc6)cccc45)cc3nc2-c2ccccc2)cc1.c1ccc(-c2nc3cccc(-c4cccc5c4[se]c4c(-c6ccccc6)cccc45)c3nc2-c2ccccc2)cc1. The van der Waals surface area contributed by atoms with Crippen LogP contribution in [0.3, 0.4) is 0 Å². The van der Waals surface area contributed by atoms with Crippen LogP contribution in [0.25, 0.3) is 203 Å². The van der Waals surface area contributed by atoms with Gasteiger partial charge in [-0.25, -0.2) is 0 Å². The van der Waals surface area contributed by atoms with Crippen molar-refractivity contribution in [3.8, 4) is 112 Å². The molecule has 22 rings (SSSR count). The van der Waals surface area contributed by atoms with E-state index in [9.17, 15) is 0 Å². The Morgan fingerprint density at radius 2 is 0.541 bits per heavy atom. The minimum atomic E-state index is 0.162. The topological polar surface area (TPSA) is 77.3 Å². The van der Waals surface area contributed by atoms with Crippen LogP contribution in [0, 0.1) is 0 Å². The number of pyridine rings is 2. The van der Waals surface area contributed by atoms with E-state index in [2.05, 4.69) is 351 Å². The van der Waals surface area contributed by atoms with E-state index in [0.717, 1.165) is 101 Å². The van der Waals surface area contributed by atoms with Gasteiger partial charge in [0.25, 0.3) is 0 Å². The first-order valence-electron chi connectivity index (χ1n) is 37.1. The molecule has 6 nitrogen and oxygen atoms in total. The molecule has 0 radical (unpaired) electrons. The summed E-state index contributed by atoms with van der Waals surface area (Å²) in [5.74, 6) is 0. The number of fused-ring (bicyclic) bond motifs is 12. The summed E-state index contributed by atoms with van der Waals surface area (Å²) in [4.78, 5) is 30.8. The van der Waals surface area contributed by atoms with E-state index in [1.807, 2.05) is 42.6 Å². The average Bonchev–Trinajstić information content (AvgIpc) is 1.70. The van der Waals surface area contributed by atoms with Gasteiger partial charge in [-0.05, 0) is 0 Å². The first kappa shape index (κ1) is 67.5. The van der Waals surface area contributed by atoms with Gasteiger partial charge < -0.3 is 0 Å². The number of benzene rings is 15. The molecule has 0 atom stereocenters. The predicted octanol–water partition coefficient (Wildman–Crippen LogP) is 25.6. The number of hydrogen-bond acceptors (Lipinski definition) is 6. The van der Waals surface area contributed by atoms with Gasteiger partial charge >= 0.3 is 665 Å². The van der Waals surface area contributed by atoms with Crippen molar-refractivity contribution in [2.75, 3.05) is 0 Å². The summed E-state index contributed by atoms with van der Waals surface area (Å²) in [5, 5.41) is 9.21.